The molecule has 6 rings (SSSR count). The van der Waals surface area contributed by atoms with Gasteiger partial charge in [0.25, 0.3) is 0 Å². The summed E-state index contributed by atoms with van der Waals surface area (Å²) in [6.07, 6.45) is 12.5. The minimum Gasteiger partial charge on any atom is -0.369 e. The molecule has 1 N–H and O–H groups in total. The summed E-state index contributed by atoms with van der Waals surface area (Å²) in [5.41, 5.74) is 7.92. The zero-order valence-electron chi connectivity index (χ0n) is 21.7. The number of aromatic amines is 1. The number of aryl methyl sites for hydroxylation is 1. The maximum atomic E-state index is 13.9. The first kappa shape index (κ1) is 23.1. The van der Waals surface area contributed by atoms with Gasteiger partial charge in [-0.3, -0.25) is 9.69 Å². The molecular formula is C32H35N3O. The maximum Gasteiger partial charge on any atom is 0.195 e. The molecule has 2 aromatic carbocycles. The first-order valence-electron chi connectivity index (χ1n) is 13.3. The number of carbonyl (C=O) groups excluding carboxylic acids is 1. The topological polar surface area (TPSA) is 39.3 Å². The third-order valence-electron chi connectivity index (χ3n) is 9.18. The second kappa shape index (κ2) is 8.11. The van der Waals surface area contributed by atoms with E-state index < -0.39 is 0 Å². The van der Waals surface area contributed by atoms with Gasteiger partial charge < -0.3 is 9.88 Å². The number of piperazine rings is 1. The van der Waals surface area contributed by atoms with Crippen molar-refractivity contribution in [2.24, 2.45) is 0 Å². The van der Waals surface area contributed by atoms with Crippen LogP contribution < -0.4 is 4.90 Å². The summed E-state index contributed by atoms with van der Waals surface area (Å²) in [4.78, 5) is 22.7. The molecule has 1 saturated heterocycles. The lowest BCUT2D eigenvalue weighted by Crippen LogP contribution is -2.59. The minimum atomic E-state index is -0.324. The average molecular weight is 478 g/mol. The molecule has 4 heteroatoms. The number of terminal acetylenes is 1. The maximum absolute atomic E-state index is 13.9. The quantitative estimate of drug-likeness (QED) is 0.381. The van der Waals surface area contributed by atoms with Gasteiger partial charge in [-0.15, -0.1) is 13.0 Å². The van der Waals surface area contributed by atoms with E-state index in [1.54, 1.807) is 0 Å². The predicted octanol–water partition coefficient (Wildman–Crippen LogP) is 5.81. The number of nitrogens with zero attached hydrogens (tertiary/aromatic N) is 2. The number of rotatable bonds is 4. The molecule has 3 aliphatic rings. The van der Waals surface area contributed by atoms with E-state index in [1.807, 2.05) is 18.2 Å². The Kier molecular flexibility index (Phi) is 5.21. The van der Waals surface area contributed by atoms with Crippen molar-refractivity contribution in [3.05, 3.63) is 76.5 Å². The van der Waals surface area contributed by atoms with E-state index >= 15 is 0 Å². The summed E-state index contributed by atoms with van der Waals surface area (Å²) in [5, 5.41) is 0.957. The Morgan fingerprint density at radius 1 is 1.14 bits per heavy atom. The number of fused-ring (bicyclic) bond motifs is 4. The van der Waals surface area contributed by atoms with Gasteiger partial charge in [-0.05, 0) is 61.1 Å². The fourth-order valence-corrected chi connectivity index (χ4v) is 6.76. The predicted molar refractivity (Wildman–Crippen MR) is 148 cm³/mol. The van der Waals surface area contributed by atoms with Gasteiger partial charge in [0.05, 0.1) is 5.56 Å². The molecule has 36 heavy (non-hydrogen) atoms. The molecule has 1 aliphatic heterocycles. The Hall–Kier alpha value is -3.29. The van der Waals surface area contributed by atoms with Gasteiger partial charge in [-0.2, -0.15) is 0 Å². The second-order valence-corrected chi connectivity index (χ2v) is 11.2. The third-order valence-corrected chi connectivity index (χ3v) is 9.18. The molecule has 2 heterocycles. The van der Waals surface area contributed by atoms with Crippen LogP contribution in [-0.4, -0.2) is 47.4 Å². The largest absolute Gasteiger partial charge is 0.369 e. The van der Waals surface area contributed by atoms with Crippen molar-refractivity contribution in [1.29, 1.82) is 0 Å². The monoisotopic (exact) mass is 477 g/mol. The van der Waals surface area contributed by atoms with Crippen molar-refractivity contribution in [2.45, 2.75) is 57.4 Å². The normalized spacial score (nSPS) is 20.4. The van der Waals surface area contributed by atoms with E-state index in [0.29, 0.717) is 0 Å². The van der Waals surface area contributed by atoms with Crippen molar-refractivity contribution in [3.8, 4) is 12.3 Å². The van der Waals surface area contributed by atoms with E-state index in [4.69, 9.17) is 6.42 Å². The Bertz CT molecular complexity index is 1440. The molecule has 2 aliphatic carbocycles. The molecular weight excluding hydrogens is 442 g/mol. The number of hydrogen-bond acceptors (Lipinski definition) is 3. The highest BCUT2D eigenvalue weighted by atomic mass is 16.1. The molecule has 0 spiro atoms. The summed E-state index contributed by atoms with van der Waals surface area (Å²) in [6, 6.07) is 10.4. The number of ketones is 1. The van der Waals surface area contributed by atoms with Crippen LogP contribution in [0.1, 0.15) is 78.3 Å². The molecule has 0 radical (unpaired) electrons. The van der Waals surface area contributed by atoms with Crippen LogP contribution in [0.2, 0.25) is 0 Å². The molecule has 3 aromatic rings. The summed E-state index contributed by atoms with van der Waals surface area (Å²) in [6.45, 7) is 14.9. The molecule has 0 unspecified atom stereocenters. The van der Waals surface area contributed by atoms with Crippen molar-refractivity contribution in [3.63, 3.8) is 0 Å². The smallest absolute Gasteiger partial charge is 0.195 e. The number of nitrogens with one attached hydrogen (secondary N) is 1. The van der Waals surface area contributed by atoms with Crippen LogP contribution in [0.15, 0.2) is 43.0 Å². The molecule has 4 nitrogen and oxygen atoms in total. The number of hydrogen-bond donors (Lipinski definition) is 1. The molecule has 0 atom stereocenters. The zero-order valence-corrected chi connectivity index (χ0v) is 21.7. The molecule has 1 saturated carbocycles. The third kappa shape index (κ3) is 3.15. The van der Waals surface area contributed by atoms with Gasteiger partial charge in [0.15, 0.2) is 5.78 Å². The standard InChI is InChI=1S/C32H35N3O/c1-6-21-10-11-23-26(18-21)33-30-28(23)29(36)24-19-22(7-2)27(20-25(24)31(30,4)5)34-14-16-35(17-15-34)32(8-3)12-9-13-32/h1,8,10-11,18-20,33H,3,7,9,12-17H2,2,4-5H3. The average Bonchev–Trinajstić information content (AvgIpc) is 3.27. The van der Waals surface area contributed by atoms with Crippen LogP contribution in [0.5, 0.6) is 0 Å². The highest BCUT2D eigenvalue weighted by Gasteiger charge is 2.42. The van der Waals surface area contributed by atoms with Crippen molar-refractivity contribution in [1.82, 2.24) is 9.88 Å². The number of aromatic nitrogens is 1. The fourth-order valence-electron chi connectivity index (χ4n) is 6.76. The lowest BCUT2D eigenvalue weighted by atomic mass is 9.70. The van der Waals surface area contributed by atoms with Crippen LogP contribution in [-0.2, 0) is 11.8 Å². The van der Waals surface area contributed by atoms with Crippen molar-refractivity contribution >= 4 is 22.4 Å². The summed E-state index contributed by atoms with van der Waals surface area (Å²) >= 11 is 0. The van der Waals surface area contributed by atoms with Gasteiger partial charge in [-0.1, -0.05) is 38.8 Å². The molecule has 0 amide bonds. The van der Waals surface area contributed by atoms with Gasteiger partial charge >= 0.3 is 0 Å². The van der Waals surface area contributed by atoms with Crippen molar-refractivity contribution < 1.29 is 4.79 Å². The lowest BCUT2D eigenvalue weighted by molar-refractivity contribution is 0.0536. The van der Waals surface area contributed by atoms with Gasteiger partial charge in [-0.25, -0.2) is 0 Å². The summed E-state index contributed by atoms with van der Waals surface area (Å²) in [5.74, 6) is 2.83. The molecule has 0 bridgehead atoms. The van der Waals surface area contributed by atoms with Gasteiger partial charge in [0, 0.05) is 70.5 Å². The molecule has 184 valence electrons. The van der Waals surface area contributed by atoms with E-state index in [1.165, 1.54) is 30.5 Å². The molecule has 1 aromatic heterocycles. The fraction of sp³-hybridized carbons (Fsp3) is 0.406. The second-order valence-electron chi connectivity index (χ2n) is 11.2. The van der Waals surface area contributed by atoms with Crippen LogP contribution in [0.4, 0.5) is 5.69 Å². The van der Waals surface area contributed by atoms with E-state index in [2.05, 4.69) is 66.3 Å². The van der Waals surface area contributed by atoms with Crippen LogP contribution >= 0.6 is 0 Å². The minimum absolute atomic E-state index is 0.114. The van der Waals surface area contributed by atoms with Crippen molar-refractivity contribution in [2.75, 3.05) is 31.1 Å². The summed E-state index contributed by atoms with van der Waals surface area (Å²) in [7, 11) is 0. The number of benzene rings is 2. The van der Waals surface area contributed by atoms with Crippen LogP contribution in [0.3, 0.4) is 0 Å². The lowest BCUT2D eigenvalue weighted by Gasteiger charge is -2.52. The Balaban J connectivity index is 1.40. The first-order valence-corrected chi connectivity index (χ1v) is 13.3. The Labute approximate surface area is 214 Å². The van der Waals surface area contributed by atoms with E-state index in [-0.39, 0.29) is 16.7 Å². The van der Waals surface area contributed by atoms with E-state index in [0.717, 1.165) is 71.5 Å². The first-order chi connectivity index (χ1) is 17.3. The Morgan fingerprint density at radius 3 is 2.50 bits per heavy atom. The number of anilines is 1. The highest BCUT2D eigenvalue weighted by Crippen LogP contribution is 2.46. The zero-order chi connectivity index (χ0) is 25.2. The molecule has 2 fully saturated rings. The van der Waals surface area contributed by atoms with Crippen LogP contribution in [0.25, 0.3) is 10.9 Å². The Morgan fingerprint density at radius 2 is 1.89 bits per heavy atom. The SMILES string of the molecule is C#Cc1ccc2c3c([nH]c2c1)C(C)(C)c1cc(N2CCN(C4(C=C)CCC4)CC2)c(CC)cc1C3=O. The number of carbonyl (C=O) groups is 1. The van der Waals surface area contributed by atoms with Crippen LogP contribution in [0, 0.1) is 12.3 Å². The van der Waals surface area contributed by atoms with Gasteiger partial charge in [0.1, 0.15) is 0 Å². The number of H-pyrrole nitrogens is 1. The highest BCUT2D eigenvalue weighted by molar-refractivity contribution is 6.20. The van der Waals surface area contributed by atoms with Gasteiger partial charge in [0.2, 0.25) is 0 Å². The van der Waals surface area contributed by atoms with E-state index in [9.17, 15) is 4.79 Å². The summed E-state index contributed by atoms with van der Waals surface area (Å²) < 4.78 is 0.